The number of aliphatic carboxylic acids is 1. The fourth-order valence-electron chi connectivity index (χ4n) is 6.54. The van der Waals surface area contributed by atoms with E-state index in [0.29, 0.717) is 11.4 Å². The van der Waals surface area contributed by atoms with Crippen molar-refractivity contribution in [1.82, 2.24) is 9.80 Å². The maximum atomic E-state index is 14.0. The molecule has 0 spiro atoms. The Labute approximate surface area is 265 Å². The second kappa shape index (κ2) is 14.7. The minimum Gasteiger partial charge on any atom is -0.480 e. The third kappa shape index (κ3) is 8.29. The van der Waals surface area contributed by atoms with E-state index in [1.807, 2.05) is 51.1 Å². The van der Waals surface area contributed by atoms with Gasteiger partial charge < -0.3 is 25.4 Å². The summed E-state index contributed by atoms with van der Waals surface area (Å²) < 4.78 is 5.46. The SMILES string of the molecule is Cc1cc(C)c(NC(=O)Nc2cc(-c3ccc(CN4CCOCC4)cc3)ccc2C(=O)N(CC(=O)O)C2CCCCC2)c(C)c1. The molecule has 3 aromatic rings. The minimum absolute atomic E-state index is 0.152. The summed E-state index contributed by atoms with van der Waals surface area (Å²) in [6, 6.07) is 17.1. The van der Waals surface area contributed by atoms with Crippen LogP contribution in [0.1, 0.15) is 64.7 Å². The molecule has 9 nitrogen and oxygen atoms in total. The van der Waals surface area contributed by atoms with Crippen molar-refractivity contribution in [3.8, 4) is 11.1 Å². The van der Waals surface area contributed by atoms with Gasteiger partial charge in [0.05, 0.1) is 24.5 Å². The Morgan fingerprint density at radius 3 is 2.16 bits per heavy atom. The maximum Gasteiger partial charge on any atom is 0.323 e. The zero-order valence-electron chi connectivity index (χ0n) is 26.5. The molecule has 0 atom stereocenters. The van der Waals surface area contributed by atoms with Crippen LogP contribution in [0.15, 0.2) is 54.6 Å². The van der Waals surface area contributed by atoms with Gasteiger partial charge in [0.1, 0.15) is 6.54 Å². The number of rotatable bonds is 9. The van der Waals surface area contributed by atoms with Gasteiger partial charge >= 0.3 is 12.0 Å². The fourth-order valence-corrected chi connectivity index (χ4v) is 6.54. The van der Waals surface area contributed by atoms with Crippen molar-refractivity contribution in [2.75, 3.05) is 43.5 Å². The molecule has 2 fully saturated rings. The van der Waals surface area contributed by atoms with Gasteiger partial charge in [0.2, 0.25) is 0 Å². The van der Waals surface area contributed by atoms with Gasteiger partial charge in [-0.25, -0.2) is 4.79 Å². The van der Waals surface area contributed by atoms with Gasteiger partial charge in [-0.05, 0) is 73.6 Å². The van der Waals surface area contributed by atoms with Crippen LogP contribution in [0.4, 0.5) is 16.2 Å². The topological polar surface area (TPSA) is 111 Å². The van der Waals surface area contributed by atoms with E-state index in [4.69, 9.17) is 4.74 Å². The van der Waals surface area contributed by atoms with E-state index in [1.165, 1.54) is 10.5 Å². The zero-order valence-corrected chi connectivity index (χ0v) is 26.5. The highest BCUT2D eigenvalue weighted by Crippen LogP contribution is 2.31. The van der Waals surface area contributed by atoms with E-state index in [0.717, 1.165) is 92.8 Å². The van der Waals surface area contributed by atoms with Crippen LogP contribution >= 0.6 is 0 Å². The van der Waals surface area contributed by atoms with Crippen molar-refractivity contribution in [2.24, 2.45) is 0 Å². The number of aryl methyl sites for hydroxylation is 3. The second-order valence-corrected chi connectivity index (χ2v) is 12.3. The molecule has 0 aromatic heterocycles. The number of carboxylic acids is 1. The smallest absolute Gasteiger partial charge is 0.323 e. The van der Waals surface area contributed by atoms with Crippen LogP contribution in [-0.4, -0.2) is 71.7 Å². The number of nitrogens with zero attached hydrogens (tertiary/aromatic N) is 2. The van der Waals surface area contributed by atoms with Crippen molar-refractivity contribution < 1.29 is 24.2 Å². The number of amides is 3. The van der Waals surface area contributed by atoms with E-state index in [-0.39, 0.29) is 18.2 Å². The summed E-state index contributed by atoms with van der Waals surface area (Å²) >= 11 is 0. The first kappa shape index (κ1) is 32.2. The number of nitrogens with one attached hydrogen (secondary N) is 2. The Bertz CT molecular complexity index is 1500. The standard InChI is InChI=1S/C36H44N4O5/c1-24-19-25(2)34(26(3)20-24)38-36(44)37-32-21-29(28-11-9-27(10-12-28)22-39-15-17-45-18-16-39)13-14-31(32)35(43)40(23-33(41)42)30-7-5-4-6-8-30/h9-14,19-21,30H,4-8,15-18,22-23H2,1-3H3,(H,41,42)(H2,37,38,44). The molecule has 9 heteroatoms. The number of urea groups is 1. The van der Waals surface area contributed by atoms with Gasteiger partial charge in [-0.15, -0.1) is 0 Å². The molecule has 1 saturated carbocycles. The Hall–Kier alpha value is -4.21. The highest BCUT2D eigenvalue weighted by Gasteiger charge is 2.30. The van der Waals surface area contributed by atoms with Gasteiger partial charge in [-0.1, -0.05) is 67.3 Å². The van der Waals surface area contributed by atoms with Crippen molar-refractivity contribution in [1.29, 1.82) is 0 Å². The van der Waals surface area contributed by atoms with Gasteiger partial charge in [0.15, 0.2) is 0 Å². The maximum absolute atomic E-state index is 14.0. The summed E-state index contributed by atoms with van der Waals surface area (Å²) in [6.45, 7) is 9.69. The van der Waals surface area contributed by atoms with Crippen LogP contribution in [-0.2, 0) is 16.1 Å². The first-order valence-electron chi connectivity index (χ1n) is 15.9. The number of hydrogen-bond acceptors (Lipinski definition) is 5. The number of anilines is 2. The molecular weight excluding hydrogens is 568 g/mol. The lowest BCUT2D eigenvalue weighted by atomic mass is 9.93. The quantitative estimate of drug-likeness (QED) is 0.251. The molecule has 0 unspecified atom stereocenters. The number of carbonyl (C=O) groups excluding carboxylic acids is 2. The average Bonchev–Trinajstić information content (AvgIpc) is 3.02. The predicted molar refractivity (Wildman–Crippen MR) is 177 cm³/mol. The lowest BCUT2D eigenvalue weighted by molar-refractivity contribution is -0.138. The number of hydrogen-bond donors (Lipinski definition) is 3. The molecule has 238 valence electrons. The van der Waals surface area contributed by atoms with Gasteiger partial charge in [-0.3, -0.25) is 14.5 Å². The molecular formula is C36H44N4O5. The Morgan fingerprint density at radius 1 is 0.867 bits per heavy atom. The summed E-state index contributed by atoms with van der Waals surface area (Å²) in [4.78, 5) is 43.2. The molecule has 0 bridgehead atoms. The van der Waals surface area contributed by atoms with E-state index in [2.05, 4.69) is 27.7 Å². The molecule has 45 heavy (non-hydrogen) atoms. The molecule has 1 saturated heterocycles. The normalized spacial score (nSPS) is 15.8. The first-order valence-corrected chi connectivity index (χ1v) is 15.9. The van der Waals surface area contributed by atoms with Gasteiger partial charge in [0, 0.05) is 31.4 Å². The summed E-state index contributed by atoms with van der Waals surface area (Å²) in [5.74, 6) is -1.45. The molecule has 3 aromatic carbocycles. The molecule has 5 rings (SSSR count). The molecule has 3 amide bonds. The highest BCUT2D eigenvalue weighted by molar-refractivity contribution is 6.08. The number of benzene rings is 3. The molecule has 3 N–H and O–H groups in total. The Morgan fingerprint density at radius 2 is 1.51 bits per heavy atom. The summed E-state index contributed by atoms with van der Waals surface area (Å²) in [6.07, 6.45) is 4.53. The zero-order chi connectivity index (χ0) is 31.9. The largest absolute Gasteiger partial charge is 0.480 e. The predicted octanol–water partition coefficient (Wildman–Crippen LogP) is 6.61. The van der Waals surface area contributed by atoms with Crippen molar-refractivity contribution in [3.63, 3.8) is 0 Å². The lowest BCUT2D eigenvalue weighted by Crippen LogP contribution is -2.44. The summed E-state index contributed by atoms with van der Waals surface area (Å²) in [5, 5.41) is 15.6. The monoisotopic (exact) mass is 612 g/mol. The number of ether oxygens (including phenoxy) is 1. The van der Waals surface area contributed by atoms with Gasteiger partial charge in [0.25, 0.3) is 5.91 Å². The van der Waals surface area contributed by atoms with Crippen molar-refractivity contribution in [2.45, 2.75) is 65.5 Å². The Kier molecular flexibility index (Phi) is 10.5. The molecule has 1 heterocycles. The minimum atomic E-state index is -1.06. The van der Waals surface area contributed by atoms with Crippen LogP contribution in [0, 0.1) is 20.8 Å². The van der Waals surface area contributed by atoms with Gasteiger partial charge in [-0.2, -0.15) is 0 Å². The second-order valence-electron chi connectivity index (χ2n) is 12.3. The molecule has 0 radical (unpaired) electrons. The van der Waals surface area contributed by atoms with Crippen molar-refractivity contribution in [3.05, 3.63) is 82.4 Å². The van der Waals surface area contributed by atoms with E-state index in [1.54, 1.807) is 12.1 Å². The van der Waals surface area contributed by atoms with E-state index in [9.17, 15) is 19.5 Å². The third-order valence-electron chi connectivity index (χ3n) is 8.79. The Balaban J connectivity index is 1.45. The highest BCUT2D eigenvalue weighted by atomic mass is 16.5. The number of morpholine rings is 1. The van der Waals surface area contributed by atoms with Crippen LogP contribution in [0.25, 0.3) is 11.1 Å². The van der Waals surface area contributed by atoms with Crippen LogP contribution in [0.2, 0.25) is 0 Å². The molecule has 1 aliphatic heterocycles. The third-order valence-corrected chi connectivity index (χ3v) is 8.79. The number of carboxylic acid groups (broad SMARTS) is 1. The molecule has 1 aliphatic carbocycles. The fraction of sp³-hybridized carbons (Fsp3) is 0.417. The first-order chi connectivity index (χ1) is 21.7. The van der Waals surface area contributed by atoms with Crippen molar-refractivity contribution >= 4 is 29.3 Å². The summed E-state index contributed by atoms with van der Waals surface area (Å²) in [5.41, 5.74) is 7.29. The van der Waals surface area contributed by atoms with E-state index >= 15 is 0 Å². The molecule has 2 aliphatic rings. The lowest BCUT2D eigenvalue weighted by Gasteiger charge is -2.33. The summed E-state index contributed by atoms with van der Waals surface area (Å²) in [7, 11) is 0. The van der Waals surface area contributed by atoms with E-state index < -0.39 is 17.9 Å². The van der Waals surface area contributed by atoms with Crippen LogP contribution in [0.3, 0.4) is 0 Å². The van der Waals surface area contributed by atoms with Crippen LogP contribution in [0.5, 0.6) is 0 Å². The number of carbonyl (C=O) groups is 3. The van der Waals surface area contributed by atoms with Crippen LogP contribution < -0.4 is 10.6 Å². The average molecular weight is 613 g/mol.